The highest BCUT2D eigenvalue weighted by Crippen LogP contribution is 2.35. The molecule has 17 heteroatoms. The van der Waals surface area contributed by atoms with Gasteiger partial charge in [0.15, 0.2) is 0 Å². The van der Waals surface area contributed by atoms with E-state index in [4.69, 9.17) is 82.7 Å². The summed E-state index contributed by atoms with van der Waals surface area (Å²) in [5.74, 6) is 5.72. The molecule has 0 aromatic heterocycles. The van der Waals surface area contributed by atoms with Gasteiger partial charge in [-0.1, -0.05) is 177 Å². The van der Waals surface area contributed by atoms with Gasteiger partial charge in [0.05, 0.1) is 37.6 Å². The molecular weight excluding hydrogens is 1360 g/mol. The third-order valence-electron chi connectivity index (χ3n) is 16.6. The van der Waals surface area contributed by atoms with E-state index in [1.165, 1.54) is 75.3 Å². The van der Waals surface area contributed by atoms with Crippen molar-refractivity contribution in [1.29, 1.82) is 0 Å². The molecule has 3 saturated carbocycles. The summed E-state index contributed by atoms with van der Waals surface area (Å²) in [5.41, 5.74) is 21.6. The minimum Gasteiger partial charge on any atom is -0.496 e. The number of methoxy groups -OCH3 is 3. The molecule has 0 saturated heterocycles. The third-order valence-corrected chi connectivity index (χ3v) is 20.5. The van der Waals surface area contributed by atoms with Crippen LogP contribution < -0.4 is 36.3 Å². The molecule has 0 amide bonds. The molecule has 5 aliphatic rings. The van der Waals surface area contributed by atoms with E-state index in [-0.39, 0.29) is 12.1 Å². The average molecular weight is 1440 g/mol. The molecule has 11 rings (SSSR count). The summed E-state index contributed by atoms with van der Waals surface area (Å²) in [6, 6.07) is 38.9. The number of amidine groups is 2. The van der Waals surface area contributed by atoms with Gasteiger partial charge in [0.1, 0.15) is 28.9 Å². The highest BCUT2D eigenvalue weighted by molar-refractivity contribution is 9.11. The fourth-order valence-corrected chi connectivity index (χ4v) is 15.2. The van der Waals surface area contributed by atoms with Crippen LogP contribution in [0.4, 0.5) is 0 Å². The molecule has 6 N–H and O–H groups in total. The van der Waals surface area contributed by atoms with Crippen LogP contribution in [0.5, 0.6) is 17.2 Å². The molecular formula is C68H80Br3Cl3N6O3S2. The largest absolute Gasteiger partial charge is 0.496 e. The SMILES string of the molecule is CCSC(=S)c1cccc(Cl)c1CCc1cc(Br)ccc1OC.COc1ccc(Br)cc1CCc1c(Cl)cccc1C1=N[C@H]2CCCC[C@@H]2N1.COc1ccc(Br)cc1CCc1c(Cl)cccc1C1=N[C@H]2CCCC[C@@H]2N1.N[C@@H]1CCCC[C@H]1N. The summed E-state index contributed by atoms with van der Waals surface area (Å²) < 4.78 is 20.6. The summed E-state index contributed by atoms with van der Waals surface area (Å²) in [6.07, 6.45) is 19.8. The molecule has 0 unspecified atom stereocenters. The Balaban J connectivity index is 0.000000156. The second-order valence-electron chi connectivity index (χ2n) is 22.2. The van der Waals surface area contributed by atoms with E-state index >= 15 is 0 Å². The van der Waals surface area contributed by atoms with E-state index in [1.54, 1.807) is 33.1 Å². The zero-order valence-electron chi connectivity index (χ0n) is 49.1. The van der Waals surface area contributed by atoms with Crippen LogP contribution in [0.3, 0.4) is 0 Å². The van der Waals surface area contributed by atoms with Gasteiger partial charge in [0.2, 0.25) is 0 Å². The Morgan fingerprint density at radius 3 is 1.26 bits per heavy atom. The Morgan fingerprint density at radius 2 is 0.882 bits per heavy atom. The molecule has 0 radical (unpaired) electrons. The number of benzene rings is 6. The first-order chi connectivity index (χ1) is 41.2. The van der Waals surface area contributed by atoms with Gasteiger partial charge >= 0.3 is 0 Å². The number of hydrogen-bond donors (Lipinski definition) is 4. The maximum Gasteiger partial charge on any atom is 0.129 e. The number of nitrogens with one attached hydrogen (secondary N) is 2. The van der Waals surface area contributed by atoms with Crippen LogP contribution in [0, 0.1) is 0 Å². The standard InChI is InChI=1S/2C22H24BrClN2O.C18H18BrClOS2.C6H14N2/c2*1-27-21-12-10-15(23)13-14(21)9-11-16-17(5-4-6-18(16)24)22-25-19-7-2-3-8-20(19)26-22;1-3-23-18(22)15-5-4-6-16(20)14(15)9-7-12-11-13(19)8-10-17(12)21-2;7-5-3-1-2-4-6(5)8/h2*4-6,10,12-13,19-20H,2-3,7-9,11H2,1H3,(H,25,26);4-6,8,10-11H,3,7,9H2,1-2H3;5-6H,1-4,7-8H2/t2*19-,20-;;5-,6-/m00.1/s1. The zero-order valence-corrected chi connectivity index (χ0v) is 57.8. The predicted molar refractivity (Wildman–Crippen MR) is 374 cm³/mol. The summed E-state index contributed by atoms with van der Waals surface area (Å²) in [5, 5.41) is 9.72. The molecule has 6 aromatic rings. The van der Waals surface area contributed by atoms with E-state index in [0.29, 0.717) is 24.2 Å². The third kappa shape index (κ3) is 18.7. The van der Waals surface area contributed by atoms with Crippen LogP contribution in [0.1, 0.15) is 134 Å². The van der Waals surface area contributed by atoms with Crippen LogP contribution in [0.15, 0.2) is 133 Å². The van der Waals surface area contributed by atoms with Crippen molar-refractivity contribution in [2.24, 2.45) is 21.5 Å². The molecule has 6 atom stereocenters. The van der Waals surface area contributed by atoms with Gasteiger partial charge in [0, 0.05) is 69.3 Å². The van der Waals surface area contributed by atoms with E-state index in [2.05, 4.69) is 102 Å². The number of nitrogens with zero attached hydrogens (tertiary/aromatic N) is 2. The summed E-state index contributed by atoms with van der Waals surface area (Å²) in [4.78, 5) is 10.00. The second-order valence-corrected chi connectivity index (χ2v) is 28.1. The number of thioether (sulfide) groups is 1. The molecule has 2 heterocycles. The first-order valence-corrected chi connectivity index (χ1v) is 34.8. The van der Waals surface area contributed by atoms with Crippen molar-refractivity contribution in [1.82, 2.24) is 10.6 Å². The number of nitrogens with two attached hydrogens (primary N) is 2. The Morgan fingerprint density at radius 1 is 0.518 bits per heavy atom. The van der Waals surface area contributed by atoms with E-state index in [0.717, 1.165) is 158 Å². The van der Waals surface area contributed by atoms with Crippen molar-refractivity contribution in [3.8, 4) is 17.2 Å². The normalized spacial score (nSPS) is 20.2. The monoisotopic (exact) mass is 1430 g/mol. The first kappa shape index (κ1) is 67.3. The Kier molecular flexibility index (Phi) is 26.7. The molecule has 0 spiro atoms. The Labute approximate surface area is 554 Å². The van der Waals surface area contributed by atoms with Gasteiger partial charge in [-0.15, -0.1) is 11.8 Å². The van der Waals surface area contributed by atoms with E-state index in [9.17, 15) is 0 Å². The second kappa shape index (κ2) is 33.8. The van der Waals surface area contributed by atoms with Gasteiger partial charge in [-0.3, -0.25) is 9.98 Å². The molecule has 85 heavy (non-hydrogen) atoms. The van der Waals surface area contributed by atoms with Crippen molar-refractivity contribution in [3.05, 3.63) is 188 Å². The predicted octanol–water partition coefficient (Wildman–Crippen LogP) is 17.7. The zero-order chi connectivity index (χ0) is 60.4. The summed E-state index contributed by atoms with van der Waals surface area (Å²) in [7, 11) is 5.12. The fraction of sp³-hybridized carbons (Fsp3) is 0.426. The maximum atomic E-state index is 6.61. The molecule has 3 fully saturated rings. The molecule has 9 nitrogen and oxygen atoms in total. The topological polar surface area (TPSA) is 129 Å². The van der Waals surface area contributed by atoms with E-state index < -0.39 is 0 Å². The van der Waals surface area contributed by atoms with E-state index in [1.807, 2.05) is 72.8 Å². The first-order valence-electron chi connectivity index (χ1n) is 29.8. The molecule has 6 aromatic carbocycles. The minimum atomic E-state index is 0.281. The summed E-state index contributed by atoms with van der Waals surface area (Å²) in [6.45, 7) is 2.10. The van der Waals surface area contributed by atoms with Crippen molar-refractivity contribution < 1.29 is 14.2 Å². The average Bonchev–Trinajstić information content (AvgIpc) is 2.98. The molecule has 3 aliphatic carbocycles. The minimum absolute atomic E-state index is 0.281. The van der Waals surface area contributed by atoms with Crippen LogP contribution in [0.25, 0.3) is 0 Å². The van der Waals surface area contributed by atoms with Crippen LogP contribution >= 0.6 is 107 Å². The number of thiocarbonyl (C=S) groups is 1. The number of rotatable bonds is 16. The molecule has 454 valence electrons. The van der Waals surface area contributed by atoms with Crippen molar-refractivity contribution in [2.75, 3.05) is 27.1 Å². The lowest BCUT2D eigenvalue weighted by atomic mass is 9.92. The van der Waals surface area contributed by atoms with Gasteiger partial charge in [-0.05, 0) is 189 Å². The van der Waals surface area contributed by atoms with Crippen LogP contribution in [0.2, 0.25) is 15.1 Å². The maximum absolute atomic E-state index is 6.61. The quantitative estimate of drug-likeness (QED) is 0.0700. The van der Waals surface area contributed by atoms with Gasteiger partial charge in [-0.25, -0.2) is 0 Å². The van der Waals surface area contributed by atoms with Gasteiger partial charge in [0.25, 0.3) is 0 Å². The van der Waals surface area contributed by atoms with Crippen LogP contribution in [-0.2, 0) is 38.5 Å². The van der Waals surface area contributed by atoms with Crippen LogP contribution in [-0.4, -0.2) is 79.2 Å². The Hall–Kier alpha value is -3.67. The lowest BCUT2D eigenvalue weighted by Gasteiger charge is -2.24. The smallest absolute Gasteiger partial charge is 0.129 e. The van der Waals surface area contributed by atoms with Crippen molar-refractivity contribution in [3.63, 3.8) is 0 Å². The number of aliphatic imine (C=N–C) groups is 2. The number of ether oxygens (including phenoxy) is 3. The molecule has 0 bridgehead atoms. The summed E-state index contributed by atoms with van der Waals surface area (Å²) >= 11 is 37.5. The van der Waals surface area contributed by atoms with Gasteiger partial charge < -0.3 is 36.3 Å². The molecule has 2 aliphatic heterocycles. The lowest BCUT2D eigenvalue weighted by molar-refractivity contribution is 0.385. The Bertz CT molecular complexity index is 3130. The number of halogens is 6. The number of aryl methyl sites for hydroxylation is 3. The highest BCUT2D eigenvalue weighted by atomic mass is 79.9. The highest BCUT2D eigenvalue weighted by Gasteiger charge is 2.34. The number of fused-ring (bicyclic) bond motifs is 2. The van der Waals surface area contributed by atoms with Crippen molar-refractivity contribution in [2.45, 2.75) is 159 Å². The lowest BCUT2D eigenvalue weighted by Crippen LogP contribution is -2.43. The number of hydrogen-bond acceptors (Lipinski definition) is 11. The van der Waals surface area contributed by atoms with Crippen molar-refractivity contribution >= 4 is 122 Å². The fourth-order valence-electron chi connectivity index (χ4n) is 12.0. The van der Waals surface area contributed by atoms with Gasteiger partial charge in [-0.2, -0.15) is 0 Å².